The van der Waals surface area contributed by atoms with E-state index in [0.717, 1.165) is 27.7 Å². The summed E-state index contributed by atoms with van der Waals surface area (Å²) in [5.74, 6) is 1.73. The molecule has 0 bridgehead atoms. The molecule has 3 rings (SSSR count). The second-order valence-corrected chi connectivity index (χ2v) is 7.58. The SMILES string of the molecule is CCC(=NNC(=O)c1ccc(CSc2nncn2C)cc1)c1ccc(OC)c(OC)c1. The molecule has 0 aliphatic carbocycles. The fourth-order valence-electron chi connectivity index (χ4n) is 2.85. The molecule has 162 valence electrons. The summed E-state index contributed by atoms with van der Waals surface area (Å²) in [6.07, 6.45) is 2.32. The van der Waals surface area contributed by atoms with Crippen LogP contribution in [0.5, 0.6) is 11.5 Å². The molecule has 2 aromatic carbocycles. The molecular weight excluding hydrogens is 414 g/mol. The van der Waals surface area contributed by atoms with E-state index in [1.165, 1.54) is 0 Å². The molecule has 3 aromatic rings. The smallest absolute Gasteiger partial charge is 0.271 e. The van der Waals surface area contributed by atoms with Gasteiger partial charge >= 0.3 is 0 Å². The van der Waals surface area contributed by atoms with Crippen molar-refractivity contribution in [1.82, 2.24) is 20.2 Å². The summed E-state index contributed by atoms with van der Waals surface area (Å²) in [7, 11) is 5.08. The van der Waals surface area contributed by atoms with E-state index in [0.29, 0.717) is 23.5 Å². The Bertz CT molecular complexity index is 1060. The number of thioether (sulfide) groups is 1. The van der Waals surface area contributed by atoms with Gasteiger partial charge in [-0.25, -0.2) is 5.43 Å². The minimum absolute atomic E-state index is 0.265. The molecule has 0 saturated carbocycles. The van der Waals surface area contributed by atoms with Gasteiger partial charge in [0.1, 0.15) is 6.33 Å². The lowest BCUT2D eigenvalue weighted by molar-refractivity contribution is 0.0955. The van der Waals surface area contributed by atoms with Gasteiger partial charge in [0.2, 0.25) is 0 Å². The van der Waals surface area contributed by atoms with Crippen LogP contribution in [-0.2, 0) is 12.8 Å². The van der Waals surface area contributed by atoms with Crippen molar-refractivity contribution in [3.63, 3.8) is 0 Å². The molecule has 0 unspecified atom stereocenters. The number of ether oxygens (including phenoxy) is 2. The van der Waals surface area contributed by atoms with E-state index in [-0.39, 0.29) is 5.91 Å². The molecule has 1 aromatic heterocycles. The molecule has 1 N–H and O–H groups in total. The van der Waals surface area contributed by atoms with Crippen molar-refractivity contribution in [2.45, 2.75) is 24.3 Å². The highest BCUT2D eigenvalue weighted by molar-refractivity contribution is 7.98. The average Bonchev–Trinajstić information content (AvgIpc) is 3.22. The van der Waals surface area contributed by atoms with Gasteiger partial charge < -0.3 is 14.0 Å². The Morgan fingerprint density at radius 3 is 2.42 bits per heavy atom. The molecule has 0 spiro atoms. The van der Waals surface area contributed by atoms with Crippen molar-refractivity contribution >= 4 is 23.4 Å². The van der Waals surface area contributed by atoms with Gasteiger partial charge in [-0.3, -0.25) is 4.79 Å². The summed E-state index contributed by atoms with van der Waals surface area (Å²) in [5, 5.41) is 13.1. The zero-order valence-electron chi connectivity index (χ0n) is 18.0. The van der Waals surface area contributed by atoms with Crippen molar-refractivity contribution in [3.05, 3.63) is 65.5 Å². The Labute approximate surface area is 185 Å². The summed E-state index contributed by atoms with van der Waals surface area (Å²) in [6, 6.07) is 13.0. The van der Waals surface area contributed by atoms with E-state index in [2.05, 4.69) is 20.7 Å². The number of carbonyl (C=O) groups is 1. The third kappa shape index (κ3) is 5.64. The van der Waals surface area contributed by atoms with Crippen LogP contribution < -0.4 is 14.9 Å². The van der Waals surface area contributed by atoms with Crippen LogP contribution in [-0.4, -0.2) is 40.6 Å². The van der Waals surface area contributed by atoms with Crippen LogP contribution in [0, 0.1) is 0 Å². The monoisotopic (exact) mass is 439 g/mol. The van der Waals surface area contributed by atoms with Crippen molar-refractivity contribution in [3.8, 4) is 11.5 Å². The third-order valence-corrected chi connectivity index (χ3v) is 5.70. The van der Waals surface area contributed by atoms with Gasteiger partial charge in [-0.2, -0.15) is 5.10 Å². The number of hydrogen-bond donors (Lipinski definition) is 1. The highest BCUT2D eigenvalue weighted by atomic mass is 32.2. The predicted molar refractivity (Wildman–Crippen MR) is 121 cm³/mol. The van der Waals surface area contributed by atoms with E-state index < -0.39 is 0 Å². The van der Waals surface area contributed by atoms with Crippen molar-refractivity contribution in [1.29, 1.82) is 0 Å². The zero-order chi connectivity index (χ0) is 22.2. The normalized spacial score (nSPS) is 11.3. The molecule has 0 radical (unpaired) electrons. The Morgan fingerprint density at radius 2 is 1.81 bits per heavy atom. The second kappa shape index (κ2) is 10.6. The first kappa shape index (κ1) is 22.4. The lowest BCUT2D eigenvalue weighted by Crippen LogP contribution is -2.20. The summed E-state index contributed by atoms with van der Waals surface area (Å²) < 4.78 is 12.5. The number of carbonyl (C=O) groups excluding carboxylic acids is 1. The van der Waals surface area contributed by atoms with Gasteiger partial charge in [0.25, 0.3) is 5.91 Å². The fourth-order valence-corrected chi connectivity index (χ4v) is 3.69. The molecule has 1 amide bonds. The Morgan fingerprint density at radius 1 is 1.10 bits per heavy atom. The number of hydrazone groups is 1. The summed E-state index contributed by atoms with van der Waals surface area (Å²) in [4.78, 5) is 12.5. The molecule has 0 fully saturated rings. The molecule has 9 heteroatoms. The number of hydrogen-bond acceptors (Lipinski definition) is 7. The van der Waals surface area contributed by atoms with Gasteiger partial charge in [-0.15, -0.1) is 10.2 Å². The molecule has 0 aliphatic heterocycles. The van der Waals surface area contributed by atoms with Gasteiger partial charge in [0.05, 0.1) is 19.9 Å². The van der Waals surface area contributed by atoms with Crippen LogP contribution in [0.2, 0.25) is 0 Å². The first-order chi connectivity index (χ1) is 15.0. The molecule has 0 atom stereocenters. The first-order valence-electron chi connectivity index (χ1n) is 9.70. The minimum Gasteiger partial charge on any atom is -0.493 e. The maximum atomic E-state index is 12.5. The zero-order valence-corrected chi connectivity index (χ0v) is 18.8. The third-order valence-electron chi connectivity index (χ3n) is 4.60. The van der Waals surface area contributed by atoms with Crippen LogP contribution in [0.1, 0.15) is 34.8 Å². The molecule has 0 aliphatic rings. The number of aryl methyl sites for hydroxylation is 1. The van der Waals surface area contributed by atoms with E-state index in [4.69, 9.17) is 9.47 Å². The minimum atomic E-state index is -0.265. The van der Waals surface area contributed by atoms with Crippen LogP contribution in [0.15, 0.2) is 59.0 Å². The number of methoxy groups -OCH3 is 2. The molecule has 1 heterocycles. The number of aromatic nitrogens is 3. The maximum Gasteiger partial charge on any atom is 0.271 e. The number of nitrogens with one attached hydrogen (secondary N) is 1. The number of nitrogens with zero attached hydrogens (tertiary/aromatic N) is 4. The predicted octanol–water partition coefficient (Wildman–Crippen LogP) is 3.67. The lowest BCUT2D eigenvalue weighted by atomic mass is 10.1. The quantitative estimate of drug-likeness (QED) is 0.311. The van der Waals surface area contributed by atoms with E-state index >= 15 is 0 Å². The van der Waals surface area contributed by atoms with Crippen molar-refractivity contribution < 1.29 is 14.3 Å². The topological polar surface area (TPSA) is 90.6 Å². The van der Waals surface area contributed by atoms with Crippen molar-refractivity contribution in [2.24, 2.45) is 12.1 Å². The van der Waals surface area contributed by atoms with Gasteiger partial charge in [0.15, 0.2) is 16.7 Å². The Hall–Kier alpha value is -3.33. The van der Waals surface area contributed by atoms with Crippen molar-refractivity contribution in [2.75, 3.05) is 14.2 Å². The molecular formula is C22H25N5O3S. The Balaban J connectivity index is 1.64. The highest BCUT2D eigenvalue weighted by Crippen LogP contribution is 2.28. The molecule has 31 heavy (non-hydrogen) atoms. The van der Waals surface area contributed by atoms with E-state index in [9.17, 15) is 4.79 Å². The van der Waals surface area contributed by atoms with Gasteiger partial charge in [-0.05, 0) is 42.3 Å². The number of benzene rings is 2. The molecule has 0 saturated heterocycles. The van der Waals surface area contributed by atoms with E-state index in [1.54, 1.807) is 44.4 Å². The maximum absolute atomic E-state index is 12.5. The first-order valence-corrected chi connectivity index (χ1v) is 10.7. The lowest BCUT2D eigenvalue weighted by Gasteiger charge is -2.11. The van der Waals surface area contributed by atoms with Crippen LogP contribution in [0.3, 0.4) is 0 Å². The average molecular weight is 440 g/mol. The molecule has 8 nitrogen and oxygen atoms in total. The highest BCUT2D eigenvalue weighted by Gasteiger charge is 2.10. The Kier molecular flexibility index (Phi) is 7.66. The largest absolute Gasteiger partial charge is 0.493 e. The van der Waals surface area contributed by atoms with Crippen LogP contribution in [0.25, 0.3) is 0 Å². The summed E-state index contributed by atoms with van der Waals surface area (Å²) in [6.45, 7) is 1.98. The number of rotatable bonds is 9. The summed E-state index contributed by atoms with van der Waals surface area (Å²) in [5.41, 5.74) is 5.88. The fraction of sp³-hybridized carbons (Fsp3) is 0.273. The van der Waals surface area contributed by atoms with Gasteiger partial charge in [-0.1, -0.05) is 30.8 Å². The van der Waals surface area contributed by atoms with Crippen LogP contribution in [0.4, 0.5) is 0 Å². The van der Waals surface area contributed by atoms with Gasteiger partial charge in [0, 0.05) is 23.9 Å². The summed E-state index contributed by atoms with van der Waals surface area (Å²) >= 11 is 1.59. The van der Waals surface area contributed by atoms with Crippen LogP contribution >= 0.6 is 11.8 Å². The number of amides is 1. The second-order valence-electron chi connectivity index (χ2n) is 6.63. The van der Waals surface area contributed by atoms with E-state index in [1.807, 2.05) is 48.9 Å². The standard InChI is InChI=1S/C22H25N5O3S/c1-5-18(17-10-11-19(29-3)20(12-17)30-4)24-25-21(28)16-8-6-15(7-9-16)13-31-22-26-23-14-27(22)2/h6-12,14H,5,13H2,1-4H3,(H,25,28).